The van der Waals surface area contributed by atoms with Crippen LogP contribution in [0.3, 0.4) is 0 Å². The van der Waals surface area contributed by atoms with Crippen LogP contribution in [0, 0.1) is 5.41 Å². The number of aliphatic hydroxyl groups is 1. The zero-order valence-electron chi connectivity index (χ0n) is 12.3. The van der Waals surface area contributed by atoms with Crippen molar-refractivity contribution in [2.75, 3.05) is 13.2 Å². The van der Waals surface area contributed by atoms with Gasteiger partial charge in [0.1, 0.15) is 0 Å². The van der Waals surface area contributed by atoms with E-state index in [1.54, 1.807) is 0 Å². The molecule has 19 heavy (non-hydrogen) atoms. The lowest BCUT2D eigenvalue weighted by Gasteiger charge is -2.38. The van der Waals surface area contributed by atoms with Crippen molar-refractivity contribution >= 4 is 0 Å². The summed E-state index contributed by atoms with van der Waals surface area (Å²) < 4.78 is 10.8. The first-order valence-electron chi connectivity index (χ1n) is 7.24. The van der Waals surface area contributed by atoms with Crippen LogP contribution in [-0.2, 0) is 9.47 Å². The second kappa shape index (κ2) is 5.78. The Balaban J connectivity index is 1.87. The van der Waals surface area contributed by atoms with Crippen LogP contribution in [0.4, 0.5) is 0 Å². The van der Waals surface area contributed by atoms with E-state index in [0.717, 1.165) is 31.3 Å². The minimum Gasteiger partial charge on any atom is -0.386 e. The molecular formula is C16H26O3. The molecule has 2 rings (SSSR count). The van der Waals surface area contributed by atoms with Gasteiger partial charge in [-0.3, -0.25) is 0 Å². The molecule has 1 N–H and O–H groups in total. The standard InChI is InChI=1S/C16H26O3/c1-13(16(17)7-4-8-16)5-9-15(2,3)10-6-14-18-11-12-19-14/h5-6,10,14,17H,4,7-9,11-12H2,1-3H3/b10-6+,13-5+. The van der Waals surface area contributed by atoms with Gasteiger partial charge in [-0.1, -0.05) is 26.0 Å². The Hall–Kier alpha value is -0.640. The molecule has 0 spiro atoms. The Morgan fingerprint density at radius 3 is 2.47 bits per heavy atom. The third-order valence-corrected chi connectivity index (χ3v) is 4.20. The van der Waals surface area contributed by atoms with Crippen LogP contribution in [0.15, 0.2) is 23.8 Å². The minimum absolute atomic E-state index is 0.0523. The summed E-state index contributed by atoms with van der Waals surface area (Å²) in [5.74, 6) is 0. The number of rotatable bonds is 5. The van der Waals surface area contributed by atoms with Crippen LogP contribution in [0.25, 0.3) is 0 Å². The Kier molecular flexibility index (Phi) is 4.49. The quantitative estimate of drug-likeness (QED) is 0.777. The molecule has 3 heteroatoms. The SMILES string of the molecule is C/C(=C\CC(C)(C)/C=C/C1OCCO1)C1(O)CCC1. The van der Waals surface area contributed by atoms with E-state index in [1.807, 2.05) is 13.0 Å². The fraction of sp³-hybridized carbons (Fsp3) is 0.750. The van der Waals surface area contributed by atoms with Crippen LogP contribution in [0.2, 0.25) is 0 Å². The Morgan fingerprint density at radius 1 is 1.32 bits per heavy atom. The summed E-state index contributed by atoms with van der Waals surface area (Å²) in [7, 11) is 0. The first-order valence-corrected chi connectivity index (χ1v) is 7.24. The molecule has 108 valence electrons. The predicted molar refractivity (Wildman–Crippen MR) is 75.8 cm³/mol. The van der Waals surface area contributed by atoms with Crippen molar-refractivity contribution in [1.29, 1.82) is 0 Å². The summed E-state index contributed by atoms with van der Waals surface area (Å²) in [5, 5.41) is 10.3. The van der Waals surface area contributed by atoms with Gasteiger partial charge in [0.25, 0.3) is 0 Å². The van der Waals surface area contributed by atoms with E-state index >= 15 is 0 Å². The van der Waals surface area contributed by atoms with Crippen molar-refractivity contribution < 1.29 is 14.6 Å². The third-order valence-electron chi connectivity index (χ3n) is 4.20. The summed E-state index contributed by atoms with van der Waals surface area (Å²) in [4.78, 5) is 0. The van der Waals surface area contributed by atoms with Gasteiger partial charge in [0.2, 0.25) is 0 Å². The predicted octanol–water partition coefficient (Wildman–Crippen LogP) is 3.19. The van der Waals surface area contributed by atoms with Gasteiger partial charge in [-0.25, -0.2) is 0 Å². The van der Waals surface area contributed by atoms with E-state index in [-0.39, 0.29) is 11.7 Å². The highest BCUT2D eigenvalue weighted by atomic mass is 16.7. The van der Waals surface area contributed by atoms with E-state index in [4.69, 9.17) is 9.47 Å². The molecule has 0 amide bonds. The lowest BCUT2D eigenvalue weighted by atomic mass is 9.74. The fourth-order valence-corrected chi connectivity index (χ4v) is 2.41. The number of hydrogen-bond acceptors (Lipinski definition) is 3. The fourth-order valence-electron chi connectivity index (χ4n) is 2.41. The van der Waals surface area contributed by atoms with Crippen molar-refractivity contribution in [2.45, 2.75) is 58.3 Å². The molecule has 1 heterocycles. The third kappa shape index (κ3) is 3.91. The molecule has 0 aromatic carbocycles. The van der Waals surface area contributed by atoms with Gasteiger partial charge < -0.3 is 14.6 Å². The van der Waals surface area contributed by atoms with Gasteiger partial charge in [0.05, 0.1) is 18.8 Å². The minimum atomic E-state index is -0.516. The highest BCUT2D eigenvalue weighted by Crippen LogP contribution is 2.38. The molecule has 0 radical (unpaired) electrons. The lowest BCUT2D eigenvalue weighted by Crippen LogP contribution is -2.37. The normalized spacial score (nSPS) is 24.9. The summed E-state index contributed by atoms with van der Waals surface area (Å²) >= 11 is 0. The van der Waals surface area contributed by atoms with Crippen LogP contribution in [0.5, 0.6) is 0 Å². The zero-order valence-corrected chi connectivity index (χ0v) is 12.3. The number of hydrogen-bond donors (Lipinski definition) is 1. The Morgan fingerprint density at radius 2 is 1.95 bits per heavy atom. The largest absolute Gasteiger partial charge is 0.386 e. The van der Waals surface area contributed by atoms with E-state index in [2.05, 4.69) is 26.0 Å². The van der Waals surface area contributed by atoms with Gasteiger partial charge in [0, 0.05) is 0 Å². The topological polar surface area (TPSA) is 38.7 Å². The maximum Gasteiger partial charge on any atom is 0.177 e. The van der Waals surface area contributed by atoms with Gasteiger partial charge in [0.15, 0.2) is 6.29 Å². The van der Waals surface area contributed by atoms with Crippen molar-refractivity contribution in [3.63, 3.8) is 0 Å². The second-order valence-electron chi connectivity index (χ2n) is 6.43. The van der Waals surface area contributed by atoms with Crippen molar-refractivity contribution in [3.8, 4) is 0 Å². The maximum atomic E-state index is 10.3. The van der Waals surface area contributed by atoms with E-state index in [1.165, 1.54) is 0 Å². The van der Waals surface area contributed by atoms with Crippen molar-refractivity contribution in [1.82, 2.24) is 0 Å². The van der Waals surface area contributed by atoms with E-state index in [0.29, 0.717) is 13.2 Å². The number of ether oxygens (including phenoxy) is 2. The number of allylic oxidation sites excluding steroid dienone is 2. The Labute approximate surface area is 116 Å². The summed E-state index contributed by atoms with van der Waals surface area (Å²) in [6.45, 7) is 7.78. The molecule has 0 unspecified atom stereocenters. The van der Waals surface area contributed by atoms with Crippen LogP contribution in [-0.4, -0.2) is 30.2 Å². The molecule has 1 aliphatic heterocycles. The first kappa shape index (κ1) is 14.8. The maximum absolute atomic E-state index is 10.3. The van der Waals surface area contributed by atoms with Gasteiger partial charge in [-0.2, -0.15) is 0 Å². The molecule has 0 atom stereocenters. The molecule has 0 bridgehead atoms. The molecule has 0 aromatic rings. The van der Waals surface area contributed by atoms with E-state index in [9.17, 15) is 5.11 Å². The smallest absolute Gasteiger partial charge is 0.177 e. The van der Waals surface area contributed by atoms with Crippen LogP contribution < -0.4 is 0 Å². The summed E-state index contributed by atoms with van der Waals surface area (Å²) in [5.41, 5.74) is 0.655. The average molecular weight is 266 g/mol. The highest BCUT2D eigenvalue weighted by molar-refractivity contribution is 5.19. The monoisotopic (exact) mass is 266 g/mol. The molecule has 3 nitrogen and oxygen atoms in total. The highest BCUT2D eigenvalue weighted by Gasteiger charge is 2.35. The second-order valence-corrected chi connectivity index (χ2v) is 6.43. The lowest BCUT2D eigenvalue weighted by molar-refractivity contribution is -0.00234. The molecule has 2 fully saturated rings. The van der Waals surface area contributed by atoms with Gasteiger partial charge in [-0.15, -0.1) is 0 Å². The summed E-state index contributed by atoms with van der Waals surface area (Å²) in [6.07, 6.45) is 10.0. The Bertz CT molecular complexity index is 358. The van der Waals surface area contributed by atoms with E-state index < -0.39 is 5.60 Å². The molecule has 1 saturated heterocycles. The van der Waals surface area contributed by atoms with Gasteiger partial charge >= 0.3 is 0 Å². The molecule has 1 saturated carbocycles. The zero-order chi connectivity index (χ0) is 13.9. The molecule has 0 aromatic heterocycles. The molecular weight excluding hydrogens is 240 g/mol. The molecule has 2 aliphatic rings. The van der Waals surface area contributed by atoms with Crippen molar-refractivity contribution in [2.24, 2.45) is 5.41 Å². The van der Waals surface area contributed by atoms with Gasteiger partial charge in [-0.05, 0) is 49.7 Å². The average Bonchev–Trinajstić information content (AvgIpc) is 2.84. The van der Waals surface area contributed by atoms with Crippen LogP contribution >= 0.6 is 0 Å². The summed E-state index contributed by atoms with van der Waals surface area (Å²) in [6, 6.07) is 0. The first-order chi connectivity index (χ1) is 8.91. The van der Waals surface area contributed by atoms with Crippen molar-refractivity contribution in [3.05, 3.63) is 23.8 Å². The van der Waals surface area contributed by atoms with Crippen LogP contribution in [0.1, 0.15) is 46.5 Å². The molecule has 1 aliphatic carbocycles.